The molecule has 1 aromatic carbocycles. The number of rotatable bonds is 8. The van der Waals surface area contributed by atoms with Crippen molar-refractivity contribution in [1.82, 2.24) is 5.32 Å². The van der Waals surface area contributed by atoms with Gasteiger partial charge in [0.1, 0.15) is 5.75 Å². The number of hydrogen-bond donors (Lipinski definition) is 2. The zero-order valence-corrected chi connectivity index (χ0v) is 14.1. The van der Waals surface area contributed by atoms with Crippen LogP contribution in [-0.4, -0.2) is 48.1 Å². The van der Waals surface area contributed by atoms with Crippen molar-refractivity contribution in [3.8, 4) is 5.75 Å². The molecule has 0 aliphatic rings. The molecule has 0 atom stereocenters. The first-order valence-corrected chi connectivity index (χ1v) is 7.43. The van der Waals surface area contributed by atoms with Gasteiger partial charge in [-0.1, -0.05) is 0 Å². The number of alkyl halides is 9. The summed E-state index contributed by atoms with van der Waals surface area (Å²) in [7, 11) is 0. The summed E-state index contributed by atoms with van der Waals surface area (Å²) in [5.74, 6) is -27.5. The fraction of sp³-hybridized carbons (Fsp3) is 0.400. The topological polar surface area (TPSA) is 58.6 Å². The smallest absolute Gasteiger partial charge is 0.430 e. The predicted octanol–water partition coefficient (Wildman–Crippen LogP) is 4.36. The van der Waals surface area contributed by atoms with E-state index in [4.69, 9.17) is 5.11 Å². The van der Waals surface area contributed by atoms with Gasteiger partial charge in [-0.15, -0.1) is 0 Å². The number of amides is 1. The van der Waals surface area contributed by atoms with Gasteiger partial charge in [0.25, 0.3) is 5.91 Å². The van der Waals surface area contributed by atoms with Crippen LogP contribution in [0.2, 0.25) is 0 Å². The molecule has 0 fully saturated rings. The molecule has 0 heterocycles. The van der Waals surface area contributed by atoms with E-state index < -0.39 is 54.0 Å². The summed E-state index contributed by atoms with van der Waals surface area (Å²) in [5, 5.41) is 10.7. The number of aliphatic hydroxyl groups excluding tert-OH is 1. The normalized spacial score (nSPS) is 14.3. The van der Waals surface area contributed by atoms with Crippen molar-refractivity contribution in [3.63, 3.8) is 0 Å². The highest BCUT2D eigenvalue weighted by molar-refractivity contribution is 5.94. The second-order valence-electron chi connectivity index (χ2n) is 5.41. The summed E-state index contributed by atoms with van der Waals surface area (Å²) in [4.78, 5) is 11.5. The van der Waals surface area contributed by atoms with Gasteiger partial charge in [-0.05, 0) is 24.3 Å². The van der Waals surface area contributed by atoms with E-state index in [1.165, 1.54) is 0 Å². The summed E-state index contributed by atoms with van der Waals surface area (Å²) >= 11 is 0. The number of carbonyl (C=O) groups is 1. The highest BCUT2D eigenvalue weighted by Gasteiger charge is 2.83. The lowest BCUT2D eigenvalue weighted by Gasteiger charge is -2.32. The van der Waals surface area contributed by atoms with E-state index in [0.717, 1.165) is 12.1 Å². The van der Waals surface area contributed by atoms with Crippen molar-refractivity contribution in [2.24, 2.45) is 0 Å². The Morgan fingerprint density at radius 2 is 1.40 bits per heavy atom. The van der Waals surface area contributed by atoms with Crippen molar-refractivity contribution in [1.29, 1.82) is 0 Å². The monoisotopic (exact) mass is 461 g/mol. The Bertz CT molecular complexity index is 788. The Kier molecular flexibility index (Phi) is 7.34. The van der Waals surface area contributed by atoms with E-state index in [2.05, 4.69) is 10.1 Å². The molecular weight excluding hydrogens is 451 g/mol. The number of aliphatic hydroxyl groups is 1. The van der Waals surface area contributed by atoms with E-state index in [1.807, 2.05) is 0 Å². The van der Waals surface area contributed by atoms with Crippen LogP contribution >= 0.6 is 0 Å². The van der Waals surface area contributed by atoms with Gasteiger partial charge >= 0.3 is 30.0 Å². The van der Waals surface area contributed by atoms with Gasteiger partial charge in [0.2, 0.25) is 5.83 Å². The molecule has 0 aromatic heterocycles. The highest BCUT2D eigenvalue weighted by atomic mass is 19.4. The molecule has 0 saturated carbocycles. The molecule has 1 aromatic rings. The molecular formula is C15H10F11NO3. The van der Waals surface area contributed by atoms with Crippen molar-refractivity contribution < 1.29 is 62.9 Å². The van der Waals surface area contributed by atoms with Crippen molar-refractivity contribution >= 4 is 5.91 Å². The highest BCUT2D eigenvalue weighted by Crippen LogP contribution is 2.55. The van der Waals surface area contributed by atoms with Crippen molar-refractivity contribution in [2.75, 3.05) is 13.2 Å². The third-order valence-electron chi connectivity index (χ3n) is 3.31. The molecule has 2 N–H and O–H groups in total. The third-order valence-corrected chi connectivity index (χ3v) is 3.31. The molecule has 4 nitrogen and oxygen atoms in total. The van der Waals surface area contributed by atoms with E-state index in [-0.39, 0.29) is 12.1 Å². The molecule has 15 heteroatoms. The minimum absolute atomic E-state index is 0.161. The lowest BCUT2D eigenvalue weighted by Crippen LogP contribution is -2.61. The van der Waals surface area contributed by atoms with Crippen LogP contribution in [-0.2, 0) is 0 Å². The minimum Gasteiger partial charge on any atom is -0.430 e. The van der Waals surface area contributed by atoms with Crippen LogP contribution in [0.3, 0.4) is 0 Å². The second kappa shape index (κ2) is 8.65. The van der Waals surface area contributed by atoms with E-state index >= 15 is 0 Å². The van der Waals surface area contributed by atoms with Gasteiger partial charge in [-0.2, -0.15) is 48.3 Å². The van der Waals surface area contributed by atoms with Gasteiger partial charge in [0.05, 0.1) is 6.61 Å². The minimum atomic E-state index is -7.41. The van der Waals surface area contributed by atoms with Crippen molar-refractivity contribution in [3.05, 3.63) is 41.7 Å². The van der Waals surface area contributed by atoms with Gasteiger partial charge in [0, 0.05) is 12.1 Å². The summed E-state index contributed by atoms with van der Waals surface area (Å²) in [6.45, 7) is -0.583. The fourth-order valence-corrected chi connectivity index (χ4v) is 1.73. The maximum absolute atomic E-state index is 13.5. The Morgan fingerprint density at radius 3 is 1.83 bits per heavy atom. The molecule has 0 aliphatic heterocycles. The Morgan fingerprint density at radius 1 is 0.900 bits per heavy atom. The average molecular weight is 461 g/mol. The van der Waals surface area contributed by atoms with Gasteiger partial charge < -0.3 is 15.2 Å². The van der Waals surface area contributed by atoms with E-state index in [9.17, 15) is 53.1 Å². The third kappa shape index (κ3) is 4.76. The molecule has 1 amide bonds. The van der Waals surface area contributed by atoms with E-state index in [0.29, 0.717) is 12.1 Å². The predicted molar refractivity (Wildman–Crippen MR) is 76.6 cm³/mol. The summed E-state index contributed by atoms with van der Waals surface area (Å²) < 4.78 is 145. The largest absolute Gasteiger partial charge is 0.460 e. The van der Waals surface area contributed by atoms with Gasteiger partial charge in [0.15, 0.2) is 0 Å². The van der Waals surface area contributed by atoms with E-state index in [1.54, 1.807) is 0 Å². The van der Waals surface area contributed by atoms with Crippen molar-refractivity contribution in [2.45, 2.75) is 23.9 Å². The zero-order valence-electron chi connectivity index (χ0n) is 14.1. The molecule has 170 valence electrons. The Hall–Kier alpha value is -2.58. The number of nitrogens with one attached hydrogen (secondary N) is 1. The first kappa shape index (κ1) is 25.5. The number of allylic oxidation sites excluding steroid dienone is 1. The van der Waals surface area contributed by atoms with Gasteiger partial charge in [-0.3, -0.25) is 4.79 Å². The Labute approximate surface area is 159 Å². The molecule has 30 heavy (non-hydrogen) atoms. The van der Waals surface area contributed by atoms with Gasteiger partial charge in [-0.25, -0.2) is 0 Å². The van der Waals surface area contributed by atoms with Crippen LogP contribution in [0.15, 0.2) is 36.1 Å². The summed E-state index contributed by atoms with van der Waals surface area (Å²) in [6.07, 6.45) is -7.20. The van der Waals surface area contributed by atoms with Crippen LogP contribution in [0.5, 0.6) is 5.75 Å². The first-order chi connectivity index (χ1) is 13.5. The molecule has 0 aliphatic carbocycles. The van der Waals surface area contributed by atoms with Crippen LogP contribution in [0, 0.1) is 0 Å². The number of benzene rings is 1. The number of ether oxygens (including phenoxy) is 1. The van der Waals surface area contributed by atoms with Crippen LogP contribution in [0.1, 0.15) is 10.4 Å². The standard InChI is InChI=1S/C15H10F11NO3/c16-9(12(18,19)13(20,21)14(22,23)15(24,25)26)10(17)30-8-3-1-7(2-4-8)11(29)27-5-6-28/h1-4,28H,5-6H2,(H,27,29). The number of halogens is 11. The average Bonchev–Trinajstić information content (AvgIpc) is 2.64. The number of hydrogen-bond acceptors (Lipinski definition) is 3. The van der Waals surface area contributed by atoms with Crippen LogP contribution in [0.4, 0.5) is 48.3 Å². The first-order valence-electron chi connectivity index (χ1n) is 7.43. The second-order valence-corrected chi connectivity index (χ2v) is 5.41. The lowest BCUT2D eigenvalue weighted by atomic mass is 10.0. The van der Waals surface area contributed by atoms with Crippen LogP contribution < -0.4 is 10.1 Å². The molecule has 0 bridgehead atoms. The Balaban J connectivity index is 3.14. The number of carbonyl (C=O) groups excluding carboxylic acids is 1. The zero-order chi connectivity index (χ0) is 23.5. The SMILES string of the molecule is O=C(NCCO)c1ccc(OC(F)=C(F)C(F)(F)C(F)(F)C(F)(F)C(F)(F)F)cc1. The molecule has 0 radical (unpaired) electrons. The maximum atomic E-state index is 13.5. The maximum Gasteiger partial charge on any atom is 0.460 e. The fourth-order valence-electron chi connectivity index (χ4n) is 1.73. The molecule has 1 rings (SSSR count). The molecule has 0 saturated heterocycles. The summed E-state index contributed by atoms with van der Waals surface area (Å²) in [6, 6.07) is -0.242. The molecule has 0 unspecified atom stereocenters. The van der Waals surface area contributed by atoms with Crippen LogP contribution in [0.25, 0.3) is 0 Å². The quantitative estimate of drug-likeness (QED) is 0.447. The summed E-state index contributed by atoms with van der Waals surface area (Å²) in [5.41, 5.74) is -0.164. The lowest BCUT2D eigenvalue weighted by molar-refractivity contribution is -0.392. The molecule has 0 spiro atoms.